The largest absolute Gasteiger partial charge is 0.393 e. The molecule has 0 bridgehead atoms. The Labute approximate surface area is 126 Å². The molecule has 0 saturated carbocycles. The summed E-state index contributed by atoms with van der Waals surface area (Å²) in [5.41, 5.74) is 5.29. The Morgan fingerprint density at radius 2 is 2.14 bits per heavy atom. The average Bonchev–Trinajstić information content (AvgIpc) is 2.96. The molecule has 0 spiro atoms. The Kier molecular flexibility index (Phi) is 4.54. The number of carbonyl (C=O) groups excluding carboxylic acids is 1. The Hall–Kier alpha value is -2.41. The Bertz CT molecular complexity index is 655. The van der Waals surface area contributed by atoms with Crippen molar-refractivity contribution in [3.8, 4) is 0 Å². The van der Waals surface area contributed by atoms with Gasteiger partial charge >= 0.3 is 5.69 Å². The summed E-state index contributed by atoms with van der Waals surface area (Å²) < 4.78 is 0. The predicted molar refractivity (Wildman–Crippen MR) is 82.5 cm³/mol. The molecule has 1 aromatic carbocycles. The molecule has 6 nitrogen and oxygen atoms in total. The molecule has 0 fully saturated rings. The van der Waals surface area contributed by atoms with E-state index in [2.05, 4.69) is 0 Å². The van der Waals surface area contributed by atoms with E-state index in [0.717, 1.165) is 11.3 Å². The van der Waals surface area contributed by atoms with Crippen LogP contribution in [0.4, 0.5) is 11.4 Å². The molecule has 0 unspecified atom stereocenters. The molecule has 1 amide bonds. The SMILES string of the molecule is CN(CCc1cccs1)C(=O)c1cccc(N)c1[N+](=O)[O-]. The zero-order valence-electron chi connectivity index (χ0n) is 11.5. The highest BCUT2D eigenvalue weighted by atomic mass is 32.1. The van der Waals surface area contributed by atoms with Gasteiger partial charge in [-0.3, -0.25) is 14.9 Å². The number of benzene rings is 1. The quantitative estimate of drug-likeness (QED) is 0.522. The van der Waals surface area contributed by atoms with Gasteiger partial charge in [0.2, 0.25) is 0 Å². The number of anilines is 1. The van der Waals surface area contributed by atoms with Crippen molar-refractivity contribution in [1.29, 1.82) is 0 Å². The Balaban J connectivity index is 2.16. The van der Waals surface area contributed by atoms with Crippen LogP contribution < -0.4 is 5.73 Å². The summed E-state index contributed by atoms with van der Waals surface area (Å²) in [6.07, 6.45) is 0.718. The van der Waals surface area contributed by atoms with Crippen molar-refractivity contribution >= 4 is 28.6 Å². The lowest BCUT2D eigenvalue weighted by Gasteiger charge is -2.17. The van der Waals surface area contributed by atoms with E-state index in [0.29, 0.717) is 6.54 Å². The zero-order valence-corrected chi connectivity index (χ0v) is 12.3. The molecule has 2 rings (SSSR count). The first-order chi connectivity index (χ1) is 10.0. The fraction of sp³-hybridized carbons (Fsp3) is 0.214. The number of likely N-dealkylation sites (N-methyl/N-ethyl adjacent to an activating group) is 1. The molecule has 21 heavy (non-hydrogen) atoms. The van der Waals surface area contributed by atoms with Crippen molar-refractivity contribution in [1.82, 2.24) is 4.90 Å². The maximum Gasteiger partial charge on any atom is 0.304 e. The number of nitrogens with two attached hydrogens (primary N) is 1. The molecule has 2 N–H and O–H groups in total. The van der Waals surface area contributed by atoms with E-state index >= 15 is 0 Å². The minimum atomic E-state index is -0.615. The topological polar surface area (TPSA) is 89.5 Å². The molecular weight excluding hydrogens is 290 g/mol. The van der Waals surface area contributed by atoms with E-state index in [4.69, 9.17) is 5.73 Å². The van der Waals surface area contributed by atoms with Crippen LogP contribution in [-0.2, 0) is 6.42 Å². The average molecular weight is 305 g/mol. The van der Waals surface area contributed by atoms with Crippen LogP contribution in [0.25, 0.3) is 0 Å². The van der Waals surface area contributed by atoms with E-state index in [1.165, 1.54) is 17.0 Å². The van der Waals surface area contributed by atoms with Gasteiger partial charge in [0.15, 0.2) is 0 Å². The van der Waals surface area contributed by atoms with Gasteiger partial charge in [-0.25, -0.2) is 0 Å². The minimum absolute atomic E-state index is 0.00231. The number of nitro benzene ring substituents is 1. The van der Waals surface area contributed by atoms with Gasteiger partial charge in [-0.2, -0.15) is 0 Å². The number of hydrogen-bond acceptors (Lipinski definition) is 5. The summed E-state index contributed by atoms with van der Waals surface area (Å²) >= 11 is 1.62. The van der Waals surface area contributed by atoms with E-state index in [1.807, 2.05) is 17.5 Å². The maximum atomic E-state index is 12.4. The van der Waals surface area contributed by atoms with Crippen molar-refractivity contribution in [2.45, 2.75) is 6.42 Å². The third-order valence-electron chi connectivity index (χ3n) is 3.10. The molecule has 110 valence electrons. The van der Waals surface area contributed by atoms with E-state index in [1.54, 1.807) is 24.5 Å². The summed E-state index contributed by atoms with van der Waals surface area (Å²) in [5.74, 6) is -0.398. The molecule has 0 aliphatic rings. The van der Waals surface area contributed by atoms with E-state index in [9.17, 15) is 14.9 Å². The monoisotopic (exact) mass is 305 g/mol. The molecule has 1 heterocycles. The second-order valence-electron chi connectivity index (χ2n) is 4.56. The van der Waals surface area contributed by atoms with Crippen LogP contribution in [-0.4, -0.2) is 29.3 Å². The number of nitro groups is 1. The summed E-state index contributed by atoms with van der Waals surface area (Å²) in [7, 11) is 1.63. The minimum Gasteiger partial charge on any atom is -0.393 e. The lowest BCUT2D eigenvalue weighted by Crippen LogP contribution is -2.29. The number of para-hydroxylation sites is 1. The summed E-state index contributed by atoms with van der Waals surface area (Å²) in [6, 6.07) is 8.33. The van der Waals surface area contributed by atoms with Crippen LogP contribution in [0.3, 0.4) is 0 Å². The second-order valence-corrected chi connectivity index (χ2v) is 5.59. The van der Waals surface area contributed by atoms with Gasteiger partial charge in [-0.05, 0) is 30.0 Å². The first kappa shape index (κ1) is 15.0. The van der Waals surface area contributed by atoms with Crippen molar-refractivity contribution in [2.24, 2.45) is 0 Å². The fourth-order valence-electron chi connectivity index (χ4n) is 1.98. The molecule has 0 atom stereocenters. The van der Waals surface area contributed by atoms with Crippen LogP contribution in [0.5, 0.6) is 0 Å². The van der Waals surface area contributed by atoms with Gasteiger partial charge in [0.1, 0.15) is 11.3 Å². The molecular formula is C14H15N3O3S. The van der Waals surface area contributed by atoms with Crippen molar-refractivity contribution < 1.29 is 9.72 Å². The first-order valence-corrected chi connectivity index (χ1v) is 7.19. The van der Waals surface area contributed by atoms with Crippen molar-refractivity contribution in [2.75, 3.05) is 19.3 Å². The van der Waals surface area contributed by atoms with Crippen LogP contribution >= 0.6 is 11.3 Å². The number of rotatable bonds is 5. The summed E-state index contributed by atoms with van der Waals surface area (Å²) in [5, 5.41) is 13.0. The van der Waals surface area contributed by atoms with Crippen molar-refractivity contribution in [3.05, 3.63) is 56.3 Å². The number of carbonyl (C=O) groups is 1. The molecule has 2 aromatic rings. The molecule has 1 aromatic heterocycles. The van der Waals surface area contributed by atoms with Gasteiger partial charge in [-0.1, -0.05) is 12.1 Å². The molecule has 0 aliphatic heterocycles. The predicted octanol–water partition coefficient (Wildman–Crippen LogP) is 2.55. The second kappa shape index (κ2) is 6.36. The zero-order chi connectivity index (χ0) is 15.4. The number of amides is 1. The number of nitrogen functional groups attached to an aromatic ring is 1. The van der Waals surface area contributed by atoms with Crippen LogP contribution in [0.15, 0.2) is 35.7 Å². The molecule has 0 radical (unpaired) electrons. The lowest BCUT2D eigenvalue weighted by atomic mass is 10.1. The Morgan fingerprint density at radius 1 is 1.38 bits per heavy atom. The summed E-state index contributed by atoms with van der Waals surface area (Å²) in [6.45, 7) is 0.491. The molecule has 7 heteroatoms. The molecule has 0 aliphatic carbocycles. The fourth-order valence-corrected chi connectivity index (χ4v) is 2.68. The number of nitrogens with zero attached hydrogens (tertiary/aromatic N) is 2. The van der Waals surface area contributed by atoms with Gasteiger partial charge < -0.3 is 10.6 Å². The first-order valence-electron chi connectivity index (χ1n) is 6.31. The standard InChI is InChI=1S/C14H15N3O3S/c1-16(8-7-10-4-3-9-21-10)14(18)11-5-2-6-12(15)13(11)17(19)20/h2-6,9H,7-8,15H2,1H3. The van der Waals surface area contributed by atoms with Crippen molar-refractivity contribution in [3.63, 3.8) is 0 Å². The Morgan fingerprint density at radius 3 is 2.76 bits per heavy atom. The number of hydrogen-bond donors (Lipinski definition) is 1. The third kappa shape index (κ3) is 3.38. The van der Waals surface area contributed by atoms with Gasteiger partial charge in [0, 0.05) is 18.5 Å². The third-order valence-corrected chi connectivity index (χ3v) is 4.04. The van der Waals surface area contributed by atoms with Crippen LogP contribution in [0.2, 0.25) is 0 Å². The van der Waals surface area contributed by atoms with Gasteiger partial charge in [0.05, 0.1) is 4.92 Å². The van der Waals surface area contributed by atoms with Gasteiger partial charge in [-0.15, -0.1) is 11.3 Å². The van der Waals surface area contributed by atoms with Gasteiger partial charge in [0.25, 0.3) is 5.91 Å². The lowest BCUT2D eigenvalue weighted by molar-refractivity contribution is -0.384. The molecule has 0 saturated heterocycles. The smallest absolute Gasteiger partial charge is 0.304 e. The maximum absolute atomic E-state index is 12.4. The highest BCUT2D eigenvalue weighted by molar-refractivity contribution is 7.09. The number of thiophene rings is 1. The highest BCUT2D eigenvalue weighted by Gasteiger charge is 2.25. The van der Waals surface area contributed by atoms with E-state index < -0.39 is 10.8 Å². The normalized spacial score (nSPS) is 10.3. The van der Waals surface area contributed by atoms with E-state index in [-0.39, 0.29) is 16.9 Å². The van der Waals surface area contributed by atoms with Crippen LogP contribution in [0.1, 0.15) is 15.2 Å². The highest BCUT2D eigenvalue weighted by Crippen LogP contribution is 2.26. The van der Waals surface area contributed by atoms with Crippen LogP contribution in [0, 0.1) is 10.1 Å². The summed E-state index contributed by atoms with van der Waals surface area (Å²) in [4.78, 5) is 25.4.